The van der Waals surface area contributed by atoms with Crippen molar-refractivity contribution in [2.24, 2.45) is 0 Å². The molecule has 30 heavy (non-hydrogen) atoms. The molecule has 1 aromatic carbocycles. The predicted octanol–water partition coefficient (Wildman–Crippen LogP) is 2.29. The van der Waals surface area contributed by atoms with E-state index in [0.29, 0.717) is 37.1 Å². The van der Waals surface area contributed by atoms with E-state index >= 15 is 0 Å². The summed E-state index contributed by atoms with van der Waals surface area (Å²) in [4.78, 5) is 16.1. The van der Waals surface area contributed by atoms with E-state index in [9.17, 15) is 13.2 Å². The van der Waals surface area contributed by atoms with Crippen LogP contribution in [0.5, 0.6) is 0 Å². The summed E-state index contributed by atoms with van der Waals surface area (Å²) >= 11 is 1.18. The number of hydrogen-bond acceptors (Lipinski definition) is 5. The summed E-state index contributed by atoms with van der Waals surface area (Å²) in [5.41, 5.74) is 2.24. The molecule has 1 aliphatic heterocycles. The molecule has 160 valence electrons. The van der Waals surface area contributed by atoms with Gasteiger partial charge in [0, 0.05) is 41.6 Å². The smallest absolute Gasteiger partial charge is 0.315 e. The number of sulfonamides is 1. The van der Waals surface area contributed by atoms with Crippen molar-refractivity contribution in [2.45, 2.75) is 17.2 Å². The Labute approximate surface area is 179 Å². The van der Waals surface area contributed by atoms with Crippen LogP contribution < -0.4 is 10.6 Å². The Balaban J connectivity index is 1.25. The van der Waals surface area contributed by atoms with Gasteiger partial charge >= 0.3 is 6.03 Å². The van der Waals surface area contributed by atoms with E-state index in [0.717, 1.165) is 27.8 Å². The first-order valence-electron chi connectivity index (χ1n) is 9.77. The maximum Gasteiger partial charge on any atom is 0.315 e. The van der Waals surface area contributed by atoms with Crippen LogP contribution in [0.15, 0.2) is 46.8 Å². The molecule has 0 radical (unpaired) electrons. The number of amides is 2. The molecule has 3 heterocycles. The number of aromatic amines is 1. The highest BCUT2D eigenvalue weighted by Gasteiger charge is 2.27. The summed E-state index contributed by atoms with van der Waals surface area (Å²) in [6.45, 7) is 2.35. The number of ether oxygens (including phenoxy) is 1. The Morgan fingerprint density at radius 3 is 2.77 bits per heavy atom. The summed E-state index contributed by atoms with van der Waals surface area (Å²) in [6, 6.07) is 11.1. The van der Waals surface area contributed by atoms with Crippen molar-refractivity contribution in [3.05, 3.63) is 53.0 Å². The number of nitrogens with zero attached hydrogens (tertiary/aromatic N) is 1. The third-order valence-corrected chi connectivity index (χ3v) is 8.43. The van der Waals surface area contributed by atoms with E-state index in [1.165, 1.54) is 15.6 Å². The van der Waals surface area contributed by atoms with Gasteiger partial charge in [0.15, 0.2) is 0 Å². The van der Waals surface area contributed by atoms with Gasteiger partial charge in [-0.05, 0) is 30.2 Å². The summed E-state index contributed by atoms with van der Waals surface area (Å²) in [5.74, 6) is 0. The first-order valence-corrected chi connectivity index (χ1v) is 12.0. The minimum Gasteiger partial charge on any atom is -0.379 e. The average molecular weight is 449 g/mol. The van der Waals surface area contributed by atoms with Gasteiger partial charge in [-0.1, -0.05) is 18.2 Å². The number of nitrogens with one attached hydrogen (secondary N) is 3. The highest BCUT2D eigenvalue weighted by molar-refractivity contribution is 7.91. The molecule has 0 saturated carbocycles. The molecule has 0 atom stereocenters. The number of carbonyl (C=O) groups is 1. The maximum atomic E-state index is 12.7. The van der Waals surface area contributed by atoms with Gasteiger partial charge in [-0.15, -0.1) is 11.3 Å². The summed E-state index contributed by atoms with van der Waals surface area (Å²) in [6.07, 6.45) is 2.69. The number of aromatic nitrogens is 1. The van der Waals surface area contributed by atoms with Crippen LogP contribution in [0.2, 0.25) is 0 Å². The van der Waals surface area contributed by atoms with E-state index in [1.54, 1.807) is 12.1 Å². The molecule has 0 aliphatic carbocycles. The number of thiophene rings is 1. The normalized spacial score (nSPS) is 15.3. The summed E-state index contributed by atoms with van der Waals surface area (Å²) < 4.78 is 32.3. The fourth-order valence-corrected chi connectivity index (χ4v) is 6.24. The summed E-state index contributed by atoms with van der Waals surface area (Å²) in [5, 5.41) is 6.79. The van der Waals surface area contributed by atoms with Crippen LogP contribution in [0.4, 0.5) is 4.79 Å². The van der Waals surface area contributed by atoms with Crippen molar-refractivity contribution in [2.75, 3.05) is 32.8 Å². The zero-order valence-corrected chi connectivity index (χ0v) is 18.0. The monoisotopic (exact) mass is 448 g/mol. The van der Waals surface area contributed by atoms with Crippen LogP contribution in [-0.2, 0) is 27.7 Å². The third-order valence-electron chi connectivity index (χ3n) is 4.98. The molecule has 0 spiro atoms. The van der Waals surface area contributed by atoms with E-state index in [-0.39, 0.29) is 12.6 Å². The highest BCUT2D eigenvalue weighted by Crippen LogP contribution is 2.25. The SMILES string of the molecule is O=C(NCCc1c[nH]c2ccccc12)NCc1ccc(S(=O)(=O)N2CCOCC2)s1. The molecular weight excluding hydrogens is 424 g/mol. The van der Waals surface area contributed by atoms with Crippen molar-refractivity contribution in [1.29, 1.82) is 0 Å². The van der Waals surface area contributed by atoms with Gasteiger partial charge in [0.1, 0.15) is 4.21 Å². The number of benzene rings is 1. The topological polar surface area (TPSA) is 104 Å². The van der Waals surface area contributed by atoms with Crippen LogP contribution in [-0.4, -0.2) is 56.6 Å². The molecule has 10 heteroatoms. The first-order chi connectivity index (χ1) is 14.5. The molecule has 4 rings (SSSR count). The lowest BCUT2D eigenvalue weighted by molar-refractivity contribution is 0.0731. The highest BCUT2D eigenvalue weighted by atomic mass is 32.2. The van der Waals surface area contributed by atoms with Gasteiger partial charge in [0.05, 0.1) is 19.8 Å². The lowest BCUT2D eigenvalue weighted by Gasteiger charge is -2.25. The molecule has 8 nitrogen and oxygen atoms in total. The van der Waals surface area contributed by atoms with Crippen LogP contribution in [0.1, 0.15) is 10.4 Å². The summed E-state index contributed by atoms with van der Waals surface area (Å²) in [7, 11) is -3.50. The van der Waals surface area contributed by atoms with E-state index in [4.69, 9.17) is 4.74 Å². The van der Waals surface area contributed by atoms with Crippen LogP contribution in [0, 0.1) is 0 Å². The number of para-hydroxylation sites is 1. The van der Waals surface area contributed by atoms with Crippen molar-refractivity contribution >= 4 is 38.3 Å². The number of morpholine rings is 1. The number of rotatable bonds is 7. The minimum atomic E-state index is -3.50. The number of hydrogen-bond donors (Lipinski definition) is 3. The van der Waals surface area contributed by atoms with E-state index in [1.807, 2.05) is 24.4 Å². The van der Waals surface area contributed by atoms with Crippen molar-refractivity contribution in [3.63, 3.8) is 0 Å². The van der Waals surface area contributed by atoms with Gasteiger partial charge in [-0.3, -0.25) is 0 Å². The molecule has 1 aliphatic rings. The number of carbonyl (C=O) groups excluding carboxylic acids is 1. The first kappa shape index (κ1) is 20.9. The van der Waals surface area contributed by atoms with Gasteiger partial charge in [-0.2, -0.15) is 4.31 Å². The molecule has 2 aromatic heterocycles. The quantitative estimate of drug-likeness (QED) is 0.516. The third kappa shape index (κ3) is 4.67. The molecule has 1 saturated heterocycles. The fourth-order valence-electron chi connectivity index (χ4n) is 3.39. The second-order valence-corrected chi connectivity index (χ2v) is 10.3. The standard InChI is InChI=1S/C20H24N4O4S2/c25-20(21-8-7-15-13-22-18-4-2-1-3-17(15)18)23-14-16-5-6-19(29-16)30(26,27)24-9-11-28-12-10-24/h1-6,13,22H,7-12,14H2,(H2,21,23,25). The Hall–Kier alpha value is -2.40. The van der Waals surface area contributed by atoms with E-state index < -0.39 is 10.0 Å². The maximum absolute atomic E-state index is 12.7. The van der Waals surface area contributed by atoms with Crippen LogP contribution in [0.25, 0.3) is 10.9 Å². The molecule has 3 aromatic rings. The zero-order chi connectivity index (χ0) is 21.0. The van der Waals surface area contributed by atoms with Crippen LogP contribution >= 0.6 is 11.3 Å². The van der Waals surface area contributed by atoms with Gasteiger partial charge in [-0.25, -0.2) is 13.2 Å². The Morgan fingerprint density at radius 1 is 1.13 bits per heavy atom. The van der Waals surface area contributed by atoms with E-state index in [2.05, 4.69) is 21.7 Å². The number of urea groups is 1. The zero-order valence-electron chi connectivity index (χ0n) is 16.4. The second-order valence-electron chi connectivity index (χ2n) is 6.96. The van der Waals surface area contributed by atoms with Gasteiger partial charge < -0.3 is 20.4 Å². The molecule has 3 N–H and O–H groups in total. The number of fused-ring (bicyclic) bond motifs is 1. The van der Waals surface area contributed by atoms with Crippen molar-refractivity contribution < 1.29 is 17.9 Å². The lowest BCUT2D eigenvalue weighted by Crippen LogP contribution is -2.40. The second kappa shape index (κ2) is 9.17. The largest absolute Gasteiger partial charge is 0.379 e. The molecule has 0 unspecified atom stereocenters. The lowest BCUT2D eigenvalue weighted by atomic mass is 10.1. The molecular formula is C20H24N4O4S2. The minimum absolute atomic E-state index is 0.277. The fraction of sp³-hybridized carbons (Fsp3) is 0.350. The Kier molecular flexibility index (Phi) is 6.38. The Morgan fingerprint density at radius 2 is 1.93 bits per heavy atom. The van der Waals surface area contributed by atoms with Crippen molar-refractivity contribution in [1.82, 2.24) is 19.9 Å². The van der Waals surface area contributed by atoms with Gasteiger partial charge in [0.2, 0.25) is 0 Å². The average Bonchev–Trinajstić information content (AvgIpc) is 3.41. The van der Waals surface area contributed by atoms with Crippen LogP contribution in [0.3, 0.4) is 0 Å². The molecule has 0 bridgehead atoms. The molecule has 1 fully saturated rings. The molecule has 2 amide bonds. The number of H-pyrrole nitrogens is 1. The van der Waals surface area contributed by atoms with Gasteiger partial charge in [0.25, 0.3) is 10.0 Å². The predicted molar refractivity (Wildman–Crippen MR) is 116 cm³/mol. The Bertz CT molecular complexity index is 1120. The van der Waals surface area contributed by atoms with Crippen molar-refractivity contribution in [3.8, 4) is 0 Å².